The third-order valence-corrected chi connectivity index (χ3v) is 7.71. The Morgan fingerprint density at radius 2 is 2.26 bits per heavy atom. The predicted octanol–water partition coefficient (Wildman–Crippen LogP) is -1.62. The number of aliphatic carboxylic acids is 1. The highest BCUT2D eigenvalue weighted by atomic mass is 32.2. The van der Waals surface area contributed by atoms with Crippen LogP contribution in [-0.2, 0) is 25.8 Å². The number of imidazole rings is 1. The monoisotopic (exact) mass is 553 g/mol. The lowest BCUT2D eigenvalue weighted by Crippen LogP contribution is -2.71. The third kappa shape index (κ3) is 4.41. The molecule has 5 rings (SSSR count). The van der Waals surface area contributed by atoms with Crippen LogP contribution in [0.15, 0.2) is 47.1 Å². The van der Waals surface area contributed by atoms with Gasteiger partial charge in [-0.15, -0.1) is 11.8 Å². The summed E-state index contributed by atoms with van der Waals surface area (Å²) >= 11 is 2.19. The number of carboxylic acids is 1. The minimum absolute atomic E-state index is 0.0466. The lowest BCUT2D eigenvalue weighted by atomic mass is 10.0. The molecular formula is C22H19N9O5S2. The van der Waals surface area contributed by atoms with E-state index >= 15 is 0 Å². The number of carbonyl (C=O) groups excluding carboxylic acids is 3. The van der Waals surface area contributed by atoms with Crippen LogP contribution in [0.25, 0.3) is 5.65 Å². The van der Waals surface area contributed by atoms with Crippen LogP contribution in [0.4, 0.5) is 5.13 Å². The Balaban J connectivity index is 1.37. The van der Waals surface area contributed by atoms with E-state index < -0.39 is 29.2 Å². The minimum atomic E-state index is -1.49. The molecule has 2 aliphatic heterocycles. The van der Waals surface area contributed by atoms with Crippen molar-refractivity contribution in [2.24, 2.45) is 5.16 Å². The Hall–Kier alpha value is -4.49. The van der Waals surface area contributed by atoms with Crippen molar-refractivity contribution in [3.8, 4) is 6.07 Å². The van der Waals surface area contributed by atoms with Crippen molar-refractivity contribution < 1.29 is 28.7 Å². The average Bonchev–Trinajstić information content (AvgIpc) is 3.52. The Labute approximate surface area is 223 Å². The number of pyridine rings is 1. The second kappa shape index (κ2) is 10.1. The Kier molecular flexibility index (Phi) is 6.70. The van der Waals surface area contributed by atoms with Gasteiger partial charge in [-0.1, -0.05) is 5.16 Å². The molecule has 2 atom stereocenters. The van der Waals surface area contributed by atoms with E-state index in [1.54, 1.807) is 42.0 Å². The first-order chi connectivity index (χ1) is 18.3. The summed E-state index contributed by atoms with van der Waals surface area (Å²) in [4.78, 5) is 48.3. The molecule has 0 aromatic carbocycles. The molecule has 0 radical (unpaired) electrons. The zero-order valence-electron chi connectivity index (χ0n) is 19.7. The molecule has 5 heterocycles. The molecule has 0 bridgehead atoms. The van der Waals surface area contributed by atoms with Crippen molar-refractivity contribution in [2.75, 3.05) is 18.1 Å². The van der Waals surface area contributed by atoms with Crippen molar-refractivity contribution in [3.63, 3.8) is 0 Å². The normalized spacial score (nSPS) is 19.1. The highest BCUT2D eigenvalue weighted by Gasteiger charge is 2.53. The molecule has 0 saturated carbocycles. The first kappa shape index (κ1) is 25.2. The molecule has 3 N–H and O–H groups in total. The summed E-state index contributed by atoms with van der Waals surface area (Å²) in [6.45, 7) is 2.05. The van der Waals surface area contributed by atoms with E-state index in [0.717, 1.165) is 22.1 Å². The van der Waals surface area contributed by atoms with Crippen LogP contribution in [0.3, 0.4) is 0 Å². The number of nitrogens with zero attached hydrogens (tertiary/aromatic N) is 7. The molecular weight excluding hydrogens is 534 g/mol. The van der Waals surface area contributed by atoms with Crippen LogP contribution in [0.1, 0.15) is 18.3 Å². The molecule has 14 nitrogen and oxygen atoms in total. The van der Waals surface area contributed by atoms with E-state index in [-0.39, 0.29) is 41.3 Å². The molecule has 2 aliphatic rings. The lowest BCUT2D eigenvalue weighted by Gasteiger charge is -2.50. The van der Waals surface area contributed by atoms with Crippen molar-refractivity contribution in [1.29, 1.82) is 5.26 Å². The van der Waals surface area contributed by atoms with Crippen molar-refractivity contribution in [1.82, 2.24) is 24.1 Å². The fourth-order valence-corrected chi connectivity index (χ4v) is 5.92. The molecule has 0 unspecified atom stereocenters. The van der Waals surface area contributed by atoms with Gasteiger partial charge in [0.15, 0.2) is 5.13 Å². The first-order valence-corrected chi connectivity index (χ1v) is 13.0. The van der Waals surface area contributed by atoms with E-state index in [4.69, 9.17) is 15.8 Å². The second-order valence-corrected chi connectivity index (χ2v) is 10.0. The number of amides is 2. The molecule has 194 valence electrons. The van der Waals surface area contributed by atoms with Crippen LogP contribution in [0.2, 0.25) is 0 Å². The quantitative estimate of drug-likeness (QED) is 0.142. The molecule has 1 saturated heterocycles. The number of aromatic nitrogens is 4. The van der Waals surface area contributed by atoms with Crippen LogP contribution in [0, 0.1) is 11.3 Å². The maximum Gasteiger partial charge on any atom is 0.286 e. The number of nitrogens with two attached hydrogens (primary N) is 1. The van der Waals surface area contributed by atoms with E-state index in [0.29, 0.717) is 11.1 Å². The maximum absolute atomic E-state index is 13.1. The highest BCUT2D eigenvalue weighted by molar-refractivity contribution is 8.00. The van der Waals surface area contributed by atoms with Crippen molar-refractivity contribution in [3.05, 3.63) is 53.4 Å². The van der Waals surface area contributed by atoms with Crippen LogP contribution in [0.5, 0.6) is 0 Å². The number of oxime groups is 1. The third-order valence-electron chi connectivity index (χ3n) is 5.83. The van der Waals surface area contributed by atoms with Gasteiger partial charge in [0.2, 0.25) is 11.5 Å². The van der Waals surface area contributed by atoms with Gasteiger partial charge in [-0.3, -0.25) is 14.5 Å². The number of carboxylic acid groups (broad SMARTS) is 1. The maximum atomic E-state index is 13.1. The van der Waals surface area contributed by atoms with Gasteiger partial charge in [-0.25, -0.2) is 8.97 Å². The average molecular weight is 554 g/mol. The predicted molar refractivity (Wildman–Crippen MR) is 132 cm³/mol. The molecule has 1 fully saturated rings. The fraction of sp³-hybridized carbons (Fsp3) is 0.273. The van der Waals surface area contributed by atoms with Gasteiger partial charge < -0.3 is 25.8 Å². The van der Waals surface area contributed by atoms with Gasteiger partial charge in [0.05, 0.1) is 17.2 Å². The van der Waals surface area contributed by atoms with Gasteiger partial charge in [-0.05, 0) is 13.0 Å². The van der Waals surface area contributed by atoms with E-state index in [1.165, 1.54) is 11.8 Å². The van der Waals surface area contributed by atoms with Gasteiger partial charge in [0, 0.05) is 28.9 Å². The highest BCUT2D eigenvalue weighted by Crippen LogP contribution is 2.40. The van der Waals surface area contributed by atoms with Crippen LogP contribution in [-0.4, -0.2) is 66.1 Å². The summed E-state index contributed by atoms with van der Waals surface area (Å²) in [6.07, 6.45) is 5.17. The standard InChI is InChI=1S/C22H19N9O5S2/c1-2-36-27-14(17-26-22(24)38-28-17)18(32)25-15-19(33)31-16(21(34)35)12(10-37-20(15)31)9-30-6-5-29-8-11(7-23)3-4-13(29)30/h3-6,8,15,20H,2,9-10H2,1H3,(H3-,24,25,26,28,32,34,35)/b27-14+/t15-,20-/m1/s1. The Morgan fingerprint density at radius 1 is 1.45 bits per heavy atom. The van der Waals surface area contributed by atoms with Gasteiger partial charge in [-0.2, -0.15) is 14.6 Å². The van der Waals surface area contributed by atoms with Gasteiger partial charge in [0.25, 0.3) is 17.5 Å². The van der Waals surface area contributed by atoms with Gasteiger partial charge in [0.1, 0.15) is 49.2 Å². The number of hydrogen-bond acceptors (Lipinski definition) is 12. The summed E-state index contributed by atoms with van der Waals surface area (Å²) in [6, 6.07) is 4.49. The van der Waals surface area contributed by atoms with E-state index in [1.807, 2.05) is 4.57 Å². The zero-order chi connectivity index (χ0) is 27.0. The molecule has 3 aromatic heterocycles. The topological polar surface area (TPSA) is 196 Å². The molecule has 2 amide bonds. The number of nitrogens with one attached hydrogen (secondary N) is 1. The Bertz CT molecular complexity index is 1570. The van der Waals surface area contributed by atoms with Gasteiger partial charge >= 0.3 is 0 Å². The SMILES string of the molecule is CCO/N=C(/C(=O)N[C@@H]1C(=O)N2C(C(=O)[O-])=C(Cn3cc[n+]4cc(C#N)ccc34)CS[C@H]12)c1nsc(N)n1. The second-order valence-electron chi connectivity index (χ2n) is 8.14. The number of nitriles is 1. The number of nitrogen functional groups attached to an aromatic ring is 1. The molecule has 0 spiro atoms. The molecule has 38 heavy (non-hydrogen) atoms. The summed E-state index contributed by atoms with van der Waals surface area (Å²) in [5.41, 5.74) is 6.84. The number of fused-ring (bicyclic) bond motifs is 2. The first-order valence-electron chi connectivity index (χ1n) is 11.2. The number of carbonyl (C=O) groups is 3. The number of rotatable bonds is 8. The number of thioether (sulfide) groups is 1. The molecule has 16 heteroatoms. The number of hydrogen-bond donors (Lipinski definition) is 2. The fourth-order valence-electron chi connectivity index (χ4n) is 4.15. The summed E-state index contributed by atoms with van der Waals surface area (Å²) < 4.78 is 7.54. The summed E-state index contributed by atoms with van der Waals surface area (Å²) in [5, 5.41) is 27.1. The molecule has 3 aromatic rings. The largest absolute Gasteiger partial charge is 0.543 e. The Morgan fingerprint density at radius 3 is 2.95 bits per heavy atom. The van der Waals surface area contributed by atoms with Crippen LogP contribution >= 0.6 is 23.3 Å². The van der Waals surface area contributed by atoms with E-state index in [9.17, 15) is 19.5 Å². The summed E-state index contributed by atoms with van der Waals surface area (Å²) in [7, 11) is 0. The molecule has 0 aliphatic carbocycles. The van der Waals surface area contributed by atoms with Crippen molar-refractivity contribution in [2.45, 2.75) is 24.9 Å². The zero-order valence-corrected chi connectivity index (χ0v) is 21.4. The smallest absolute Gasteiger partial charge is 0.286 e. The number of anilines is 1. The summed E-state index contributed by atoms with van der Waals surface area (Å²) in [5.74, 6) is -2.60. The lowest BCUT2D eigenvalue weighted by molar-refractivity contribution is -0.510. The van der Waals surface area contributed by atoms with Crippen molar-refractivity contribution >= 4 is 57.6 Å². The van der Waals surface area contributed by atoms with E-state index in [2.05, 4.69) is 25.9 Å². The minimum Gasteiger partial charge on any atom is -0.543 e. The van der Waals surface area contributed by atoms with Crippen LogP contribution < -0.4 is 20.6 Å². The number of β-lactam (4-membered cyclic amide) rings is 1.